The summed E-state index contributed by atoms with van der Waals surface area (Å²) in [6, 6.07) is 8.31. The maximum absolute atomic E-state index is 11.9. The van der Waals surface area contributed by atoms with Gasteiger partial charge in [0.05, 0.1) is 0 Å². The summed E-state index contributed by atoms with van der Waals surface area (Å²) in [5.74, 6) is -0.700. The predicted molar refractivity (Wildman–Crippen MR) is 71.7 cm³/mol. The highest BCUT2D eigenvalue weighted by atomic mass is 16.4. The number of carboxylic acids is 1. The Bertz CT molecular complexity index is 429. The van der Waals surface area contributed by atoms with Crippen molar-refractivity contribution in [1.82, 2.24) is 4.90 Å². The van der Waals surface area contributed by atoms with Gasteiger partial charge >= 0.3 is 5.97 Å². The average molecular weight is 247 g/mol. The molecule has 1 aromatic rings. The van der Waals surface area contributed by atoms with Crippen molar-refractivity contribution < 1.29 is 9.90 Å². The van der Waals surface area contributed by atoms with E-state index in [-0.39, 0.29) is 6.04 Å². The van der Waals surface area contributed by atoms with Gasteiger partial charge in [-0.2, -0.15) is 0 Å². The molecule has 98 valence electrons. The van der Waals surface area contributed by atoms with Crippen molar-refractivity contribution in [3.8, 4) is 0 Å². The molecule has 0 unspecified atom stereocenters. The van der Waals surface area contributed by atoms with Crippen molar-refractivity contribution >= 4 is 5.97 Å². The topological polar surface area (TPSA) is 40.5 Å². The van der Waals surface area contributed by atoms with E-state index in [1.165, 1.54) is 11.1 Å². The lowest BCUT2D eigenvalue weighted by atomic mass is 9.92. The first-order valence-corrected chi connectivity index (χ1v) is 6.58. The highest BCUT2D eigenvalue weighted by molar-refractivity contribution is 5.81. The number of hydrogen-bond acceptors (Lipinski definition) is 2. The number of carbonyl (C=O) groups is 1. The predicted octanol–water partition coefficient (Wildman–Crippen LogP) is 2.34. The lowest BCUT2D eigenvalue weighted by Gasteiger charge is -2.40. The minimum atomic E-state index is -0.757. The van der Waals surface area contributed by atoms with E-state index >= 15 is 0 Å². The smallest absolute Gasteiger partial charge is 0.324 e. The van der Waals surface area contributed by atoms with Gasteiger partial charge in [-0.15, -0.1) is 0 Å². The van der Waals surface area contributed by atoms with Crippen LogP contribution in [0.1, 0.15) is 31.9 Å². The van der Waals surface area contributed by atoms with E-state index in [0.29, 0.717) is 12.8 Å². The molecule has 0 heterocycles. The first-order valence-electron chi connectivity index (χ1n) is 6.58. The van der Waals surface area contributed by atoms with E-state index in [2.05, 4.69) is 18.7 Å². The van der Waals surface area contributed by atoms with Gasteiger partial charge in [-0.25, -0.2) is 0 Å². The summed E-state index contributed by atoms with van der Waals surface area (Å²) >= 11 is 0. The quantitative estimate of drug-likeness (QED) is 0.887. The maximum Gasteiger partial charge on any atom is 0.324 e. The van der Waals surface area contributed by atoms with Crippen molar-refractivity contribution in [2.75, 3.05) is 6.54 Å². The summed E-state index contributed by atoms with van der Waals surface area (Å²) in [7, 11) is 0. The molecule has 0 saturated heterocycles. The molecular weight excluding hydrogens is 226 g/mol. The van der Waals surface area contributed by atoms with E-state index < -0.39 is 11.5 Å². The summed E-state index contributed by atoms with van der Waals surface area (Å²) < 4.78 is 0. The number of likely N-dealkylation sites (N-methyl/N-ethyl adjacent to an activating group) is 1. The van der Waals surface area contributed by atoms with Gasteiger partial charge in [0, 0.05) is 18.9 Å². The molecule has 3 nitrogen and oxygen atoms in total. The van der Waals surface area contributed by atoms with Gasteiger partial charge in [-0.1, -0.05) is 31.2 Å². The van der Waals surface area contributed by atoms with Crippen LogP contribution in [0.4, 0.5) is 0 Å². The lowest BCUT2D eigenvalue weighted by molar-refractivity contribution is -0.152. The fraction of sp³-hybridized carbons (Fsp3) is 0.533. The SMILES string of the molecule is CCN(C(C)C)C1(C(=O)O)Cc2ccccc2C1. The van der Waals surface area contributed by atoms with Crippen LogP contribution in [0.15, 0.2) is 24.3 Å². The first kappa shape index (κ1) is 13.1. The molecule has 1 aliphatic rings. The van der Waals surface area contributed by atoms with E-state index in [1.54, 1.807) is 0 Å². The van der Waals surface area contributed by atoms with Crippen LogP contribution in [0.25, 0.3) is 0 Å². The second-order valence-electron chi connectivity index (χ2n) is 5.34. The Morgan fingerprint density at radius 3 is 2.17 bits per heavy atom. The van der Waals surface area contributed by atoms with Crippen LogP contribution in [0.2, 0.25) is 0 Å². The minimum Gasteiger partial charge on any atom is -0.480 e. The lowest BCUT2D eigenvalue weighted by Crippen LogP contribution is -2.58. The standard InChI is InChI=1S/C15H21NO2/c1-4-16(11(2)3)15(14(17)18)9-12-7-5-6-8-13(12)10-15/h5-8,11H,4,9-10H2,1-3H3,(H,17,18). The van der Waals surface area contributed by atoms with Crippen molar-refractivity contribution in [2.24, 2.45) is 0 Å². The van der Waals surface area contributed by atoms with Crippen LogP contribution < -0.4 is 0 Å². The Labute approximate surface area is 108 Å². The molecule has 0 aromatic heterocycles. The van der Waals surface area contributed by atoms with Crippen LogP contribution >= 0.6 is 0 Å². The summed E-state index contributed by atoms with van der Waals surface area (Å²) in [4.78, 5) is 14.0. The molecule has 3 heteroatoms. The summed E-state index contributed by atoms with van der Waals surface area (Å²) in [5, 5.41) is 9.74. The second kappa shape index (κ2) is 4.73. The maximum atomic E-state index is 11.9. The van der Waals surface area contributed by atoms with Crippen molar-refractivity contribution in [1.29, 1.82) is 0 Å². The molecule has 1 aliphatic carbocycles. The molecule has 0 spiro atoms. The Morgan fingerprint density at radius 1 is 1.33 bits per heavy atom. The summed E-state index contributed by atoms with van der Waals surface area (Å²) in [5.41, 5.74) is 1.60. The summed E-state index contributed by atoms with van der Waals surface area (Å²) in [6.07, 6.45) is 1.23. The zero-order valence-electron chi connectivity index (χ0n) is 11.3. The Hall–Kier alpha value is -1.35. The van der Waals surface area contributed by atoms with Gasteiger partial charge in [0.2, 0.25) is 0 Å². The van der Waals surface area contributed by atoms with Crippen LogP contribution in [-0.4, -0.2) is 34.1 Å². The molecule has 1 aromatic carbocycles. The number of hydrogen-bond donors (Lipinski definition) is 1. The van der Waals surface area contributed by atoms with Crippen molar-refractivity contribution in [3.63, 3.8) is 0 Å². The van der Waals surface area contributed by atoms with E-state index in [4.69, 9.17) is 0 Å². The summed E-state index contributed by atoms with van der Waals surface area (Å²) in [6.45, 7) is 6.93. The zero-order valence-corrected chi connectivity index (χ0v) is 11.3. The zero-order chi connectivity index (χ0) is 13.3. The fourth-order valence-electron chi connectivity index (χ4n) is 3.23. The molecule has 0 radical (unpaired) electrons. The number of carboxylic acid groups (broad SMARTS) is 1. The van der Waals surface area contributed by atoms with Crippen LogP contribution in [-0.2, 0) is 17.6 Å². The average Bonchev–Trinajstić information content (AvgIpc) is 2.69. The number of nitrogens with zero attached hydrogens (tertiary/aromatic N) is 1. The molecule has 2 rings (SSSR count). The highest BCUT2D eigenvalue weighted by Crippen LogP contribution is 2.36. The molecule has 0 bridgehead atoms. The van der Waals surface area contributed by atoms with Gasteiger partial charge in [0.15, 0.2) is 0 Å². The van der Waals surface area contributed by atoms with Crippen LogP contribution in [0, 0.1) is 0 Å². The van der Waals surface area contributed by atoms with E-state index in [0.717, 1.165) is 6.54 Å². The molecular formula is C15H21NO2. The van der Waals surface area contributed by atoms with Gasteiger partial charge in [-0.3, -0.25) is 9.69 Å². The fourth-order valence-corrected chi connectivity index (χ4v) is 3.23. The Morgan fingerprint density at radius 2 is 1.83 bits per heavy atom. The molecule has 0 aliphatic heterocycles. The molecule has 0 saturated carbocycles. The third kappa shape index (κ3) is 1.93. The van der Waals surface area contributed by atoms with Crippen molar-refractivity contribution in [2.45, 2.75) is 45.2 Å². The minimum absolute atomic E-state index is 0.236. The van der Waals surface area contributed by atoms with Gasteiger partial charge < -0.3 is 5.11 Å². The Kier molecular flexibility index (Phi) is 3.44. The van der Waals surface area contributed by atoms with Gasteiger partial charge in [-0.05, 0) is 31.5 Å². The van der Waals surface area contributed by atoms with E-state index in [1.807, 2.05) is 31.2 Å². The first-order chi connectivity index (χ1) is 8.51. The molecule has 1 N–H and O–H groups in total. The number of benzene rings is 1. The number of aliphatic carboxylic acids is 1. The Balaban J connectivity index is 2.41. The van der Waals surface area contributed by atoms with Crippen LogP contribution in [0.3, 0.4) is 0 Å². The largest absolute Gasteiger partial charge is 0.480 e. The van der Waals surface area contributed by atoms with E-state index in [9.17, 15) is 9.90 Å². The van der Waals surface area contributed by atoms with Crippen LogP contribution in [0.5, 0.6) is 0 Å². The highest BCUT2D eigenvalue weighted by Gasteiger charge is 2.48. The number of rotatable bonds is 4. The molecule has 0 atom stereocenters. The normalized spacial score (nSPS) is 17.2. The molecule has 0 amide bonds. The third-order valence-corrected chi connectivity index (χ3v) is 4.00. The third-order valence-electron chi connectivity index (χ3n) is 4.00. The molecule has 0 fully saturated rings. The second-order valence-corrected chi connectivity index (χ2v) is 5.34. The van der Waals surface area contributed by atoms with Gasteiger partial charge in [0.1, 0.15) is 5.54 Å². The van der Waals surface area contributed by atoms with Gasteiger partial charge in [0.25, 0.3) is 0 Å². The molecule has 18 heavy (non-hydrogen) atoms. The number of fused-ring (bicyclic) bond motifs is 1. The van der Waals surface area contributed by atoms with Crippen molar-refractivity contribution in [3.05, 3.63) is 35.4 Å². The monoisotopic (exact) mass is 247 g/mol.